The van der Waals surface area contributed by atoms with Crippen molar-refractivity contribution in [2.45, 2.75) is 12.5 Å². The lowest BCUT2D eigenvalue weighted by atomic mass is 9.99. The predicted molar refractivity (Wildman–Crippen MR) is 63.3 cm³/mol. The minimum absolute atomic E-state index is 0.209. The van der Waals surface area contributed by atoms with Gasteiger partial charge in [0.15, 0.2) is 0 Å². The zero-order valence-electron chi connectivity index (χ0n) is 8.75. The number of halogens is 1. The van der Waals surface area contributed by atoms with E-state index in [1.807, 2.05) is 24.3 Å². The molecule has 1 atom stereocenters. The molecule has 0 aliphatic rings. The van der Waals surface area contributed by atoms with Gasteiger partial charge in [-0.15, -0.1) is 0 Å². The molecular formula is C11H13ClN4. The van der Waals surface area contributed by atoms with Crippen LogP contribution in [0.25, 0.3) is 0 Å². The van der Waals surface area contributed by atoms with Gasteiger partial charge in [-0.25, -0.2) is 4.98 Å². The van der Waals surface area contributed by atoms with E-state index in [4.69, 9.17) is 17.3 Å². The van der Waals surface area contributed by atoms with Crippen molar-refractivity contribution in [3.8, 4) is 0 Å². The Morgan fingerprint density at radius 3 is 2.94 bits per heavy atom. The van der Waals surface area contributed by atoms with Crippen molar-refractivity contribution in [2.75, 3.05) is 6.54 Å². The van der Waals surface area contributed by atoms with Crippen LogP contribution in [0.3, 0.4) is 0 Å². The van der Waals surface area contributed by atoms with Crippen LogP contribution in [-0.2, 0) is 6.54 Å². The Morgan fingerprint density at radius 1 is 1.44 bits per heavy atom. The smallest absolute Gasteiger partial charge is 0.137 e. The van der Waals surface area contributed by atoms with Gasteiger partial charge < -0.3 is 5.73 Å². The summed E-state index contributed by atoms with van der Waals surface area (Å²) in [6, 6.07) is 7.76. The van der Waals surface area contributed by atoms with Crippen LogP contribution in [0, 0.1) is 0 Å². The number of nitrogens with zero attached hydrogens (tertiary/aromatic N) is 3. The molecule has 0 saturated heterocycles. The maximum Gasteiger partial charge on any atom is 0.137 e. The Morgan fingerprint density at radius 2 is 2.31 bits per heavy atom. The lowest BCUT2D eigenvalue weighted by Gasteiger charge is -2.15. The second-order valence-corrected chi connectivity index (χ2v) is 4.04. The van der Waals surface area contributed by atoms with Crippen LogP contribution in [0.5, 0.6) is 0 Å². The standard InChI is InChI=1S/C11H13ClN4/c12-11-3-1-2-9(4-11)10(5-13)6-16-8-14-7-15-16/h1-4,7-8,10H,5-6,13H2. The molecule has 0 bridgehead atoms. The molecule has 1 aromatic heterocycles. The fourth-order valence-electron chi connectivity index (χ4n) is 1.63. The molecule has 0 spiro atoms. The third kappa shape index (κ3) is 2.59. The van der Waals surface area contributed by atoms with E-state index in [1.54, 1.807) is 11.0 Å². The minimum atomic E-state index is 0.209. The molecule has 2 aromatic rings. The fourth-order valence-corrected chi connectivity index (χ4v) is 1.83. The van der Waals surface area contributed by atoms with E-state index < -0.39 is 0 Å². The molecular weight excluding hydrogens is 224 g/mol. The first-order chi connectivity index (χ1) is 7.79. The molecule has 0 amide bonds. The zero-order valence-corrected chi connectivity index (χ0v) is 9.51. The van der Waals surface area contributed by atoms with Crippen molar-refractivity contribution >= 4 is 11.6 Å². The van der Waals surface area contributed by atoms with Crippen LogP contribution in [0.2, 0.25) is 5.02 Å². The normalized spacial score (nSPS) is 12.6. The number of rotatable bonds is 4. The highest BCUT2D eigenvalue weighted by atomic mass is 35.5. The van der Waals surface area contributed by atoms with E-state index in [0.29, 0.717) is 6.54 Å². The summed E-state index contributed by atoms with van der Waals surface area (Å²) in [6.45, 7) is 1.27. The molecule has 0 fully saturated rings. The van der Waals surface area contributed by atoms with Gasteiger partial charge in [0, 0.05) is 17.5 Å². The van der Waals surface area contributed by atoms with Crippen molar-refractivity contribution in [1.82, 2.24) is 14.8 Å². The lowest BCUT2D eigenvalue weighted by Crippen LogP contribution is -2.18. The Bertz CT molecular complexity index is 441. The second-order valence-electron chi connectivity index (χ2n) is 3.61. The Labute approximate surface area is 99.1 Å². The van der Waals surface area contributed by atoms with Gasteiger partial charge in [-0.2, -0.15) is 5.10 Å². The quantitative estimate of drug-likeness (QED) is 0.879. The average Bonchev–Trinajstić information content (AvgIpc) is 2.78. The van der Waals surface area contributed by atoms with Crippen LogP contribution in [-0.4, -0.2) is 21.3 Å². The van der Waals surface area contributed by atoms with Crippen molar-refractivity contribution in [3.63, 3.8) is 0 Å². The van der Waals surface area contributed by atoms with Crippen LogP contribution >= 0.6 is 11.6 Å². The second kappa shape index (κ2) is 5.09. The molecule has 84 valence electrons. The van der Waals surface area contributed by atoms with E-state index in [0.717, 1.165) is 17.1 Å². The molecule has 1 aromatic carbocycles. The van der Waals surface area contributed by atoms with Gasteiger partial charge in [-0.1, -0.05) is 23.7 Å². The molecule has 0 saturated carbocycles. The molecule has 16 heavy (non-hydrogen) atoms. The topological polar surface area (TPSA) is 56.7 Å². The summed E-state index contributed by atoms with van der Waals surface area (Å²) in [5.74, 6) is 0.209. The van der Waals surface area contributed by atoms with E-state index >= 15 is 0 Å². The van der Waals surface area contributed by atoms with Crippen LogP contribution in [0.1, 0.15) is 11.5 Å². The maximum absolute atomic E-state index is 5.95. The highest BCUT2D eigenvalue weighted by Crippen LogP contribution is 2.20. The number of hydrogen-bond acceptors (Lipinski definition) is 3. The molecule has 1 unspecified atom stereocenters. The third-order valence-corrected chi connectivity index (χ3v) is 2.71. The SMILES string of the molecule is NCC(Cn1cncn1)c1cccc(Cl)c1. The van der Waals surface area contributed by atoms with Crippen LogP contribution in [0.15, 0.2) is 36.9 Å². The van der Waals surface area contributed by atoms with Crippen LogP contribution in [0.4, 0.5) is 0 Å². The first-order valence-electron chi connectivity index (χ1n) is 5.07. The van der Waals surface area contributed by atoms with Gasteiger partial charge >= 0.3 is 0 Å². The Hall–Kier alpha value is -1.39. The molecule has 4 nitrogen and oxygen atoms in total. The molecule has 0 aliphatic heterocycles. The maximum atomic E-state index is 5.95. The summed E-state index contributed by atoms with van der Waals surface area (Å²) < 4.78 is 1.78. The van der Waals surface area contributed by atoms with Crippen molar-refractivity contribution < 1.29 is 0 Å². The summed E-state index contributed by atoms with van der Waals surface area (Å²) in [5.41, 5.74) is 6.90. The van der Waals surface area contributed by atoms with Gasteiger partial charge in [0.2, 0.25) is 0 Å². The molecule has 0 radical (unpaired) electrons. The predicted octanol–water partition coefficient (Wildman–Crippen LogP) is 1.67. The molecule has 1 heterocycles. The number of aromatic nitrogens is 3. The molecule has 0 aliphatic carbocycles. The lowest BCUT2D eigenvalue weighted by molar-refractivity contribution is 0.520. The summed E-state index contributed by atoms with van der Waals surface area (Å²) in [4.78, 5) is 3.91. The first-order valence-corrected chi connectivity index (χ1v) is 5.45. The van der Waals surface area contributed by atoms with E-state index in [-0.39, 0.29) is 5.92 Å². The highest BCUT2D eigenvalue weighted by molar-refractivity contribution is 6.30. The zero-order chi connectivity index (χ0) is 11.4. The number of hydrogen-bond donors (Lipinski definition) is 1. The van der Waals surface area contributed by atoms with Crippen molar-refractivity contribution in [1.29, 1.82) is 0 Å². The summed E-state index contributed by atoms with van der Waals surface area (Å²) in [7, 11) is 0. The number of benzene rings is 1. The third-order valence-electron chi connectivity index (χ3n) is 2.48. The molecule has 5 heteroatoms. The van der Waals surface area contributed by atoms with E-state index in [1.165, 1.54) is 6.33 Å². The largest absolute Gasteiger partial charge is 0.330 e. The highest BCUT2D eigenvalue weighted by Gasteiger charge is 2.11. The first kappa shape index (κ1) is 11.1. The molecule has 2 rings (SSSR count). The molecule has 2 N–H and O–H groups in total. The average molecular weight is 237 g/mol. The van der Waals surface area contributed by atoms with Crippen molar-refractivity contribution in [3.05, 3.63) is 47.5 Å². The minimum Gasteiger partial charge on any atom is -0.330 e. The Balaban J connectivity index is 2.16. The Kier molecular flexibility index (Phi) is 3.54. The fraction of sp³-hybridized carbons (Fsp3) is 0.273. The van der Waals surface area contributed by atoms with Crippen molar-refractivity contribution in [2.24, 2.45) is 5.73 Å². The summed E-state index contributed by atoms with van der Waals surface area (Å²) in [5, 5.41) is 4.80. The monoisotopic (exact) mass is 236 g/mol. The van der Waals surface area contributed by atoms with Gasteiger partial charge in [0.1, 0.15) is 12.7 Å². The van der Waals surface area contributed by atoms with E-state index in [2.05, 4.69) is 10.1 Å². The van der Waals surface area contributed by atoms with Gasteiger partial charge in [-0.05, 0) is 17.7 Å². The summed E-state index contributed by atoms with van der Waals surface area (Å²) >= 11 is 5.95. The van der Waals surface area contributed by atoms with Gasteiger partial charge in [-0.3, -0.25) is 4.68 Å². The summed E-state index contributed by atoms with van der Waals surface area (Å²) in [6.07, 6.45) is 3.21. The van der Waals surface area contributed by atoms with Gasteiger partial charge in [0.05, 0.1) is 6.54 Å². The van der Waals surface area contributed by atoms with Gasteiger partial charge in [0.25, 0.3) is 0 Å². The van der Waals surface area contributed by atoms with E-state index in [9.17, 15) is 0 Å². The number of nitrogens with two attached hydrogens (primary N) is 1. The van der Waals surface area contributed by atoms with Crippen LogP contribution < -0.4 is 5.73 Å².